The van der Waals surface area contributed by atoms with Crippen molar-refractivity contribution in [2.45, 2.75) is 46.3 Å². The average molecular weight is 298 g/mol. The molecule has 2 amide bonds. The lowest BCUT2D eigenvalue weighted by Gasteiger charge is -2.35. The van der Waals surface area contributed by atoms with Crippen molar-refractivity contribution in [2.75, 3.05) is 5.32 Å². The predicted molar refractivity (Wildman–Crippen MR) is 86.8 cm³/mol. The molecule has 1 unspecified atom stereocenters. The first-order valence-corrected chi connectivity index (χ1v) is 7.77. The fraction of sp³-hybridized carbons (Fsp3) is 0.412. The summed E-state index contributed by atoms with van der Waals surface area (Å²) in [5.74, 6) is 0.790. The van der Waals surface area contributed by atoms with E-state index in [-0.39, 0.29) is 12.1 Å². The van der Waals surface area contributed by atoms with Crippen LogP contribution in [0.2, 0.25) is 0 Å². The van der Waals surface area contributed by atoms with E-state index in [0.717, 1.165) is 24.3 Å². The third kappa shape index (κ3) is 2.58. The topological polar surface area (TPSA) is 50.2 Å². The molecule has 0 saturated heterocycles. The Morgan fingerprint density at radius 1 is 1.36 bits per heavy atom. The van der Waals surface area contributed by atoms with Crippen LogP contribution in [0.1, 0.15) is 30.5 Å². The van der Waals surface area contributed by atoms with Gasteiger partial charge in [-0.1, -0.05) is 24.3 Å². The van der Waals surface area contributed by atoms with Crippen LogP contribution >= 0.6 is 0 Å². The Labute approximate surface area is 130 Å². The first-order valence-electron chi connectivity index (χ1n) is 7.77. The molecule has 1 aromatic heterocycles. The van der Waals surface area contributed by atoms with E-state index < -0.39 is 0 Å². The lowest BCUT2D eigenvalue weighted by atomic mass is 9.95. The fourth-order valence-electron chi connectivity index (χ4n) is 3.01. The van der Waals surface area contributed by atoms with Crippen molar-refractivity contribution in [1.29, 1.82) is 0 Å². The molecule has 0 saturated carbocycles. The van der Waals surface area contributed by atoms with E-state index in [2.05, 4.69) is 35.5 Å². The third-order valence-corrected chi connectivity index (χ3v) is 4.31. The quantitative estimate of drug-likeness (QED) is 0.925. The first kappa shape index (κ1) is 14.6. The molecule has 1 aliphatic rings. The van der Waals surface area contributed by atoms with Crippen LogP contribution in [0.15, 0.2) is 30.5 Å². The van der Waals surface area contributed by atoms with Crippen LogP contribution in [0.25, 0.3) is 0 Å². The van der Waals surface area contributed by atoms with Gasteiger partial charge in [-0.3, -0.25) is 5.32 Å². The number of hydrogen-bond acceptors (Lipinski definition) is 2. The Bertz CT molecular complexity index is 692. The lowest BCUT2D eigenvalue weighted by molar-refractivity contribution is 0.182. The Hall–Kier alpha value is -2.30. The molecule has 0 spiro atoms. The van der Waals surface area contributed by atoms with Gasteiger partial charge in [0.05, 0.1) is 6.20 Å². The van der Waals surface area contributed by atoms with Crippen LogP contribution < -0.4 is 5.32 Å². The van der Waals surface area contributed by atoms with Gasteiger partial charge in [-0.25, -0.2) is 9.48 Å². The highest BCUT2D eigenvalue weighted by Crippen LogP contribution is 2.24. The van der Waals surface area contributed by atoms with Crippen molar-refractivity contribution in [3.8, 4) is 0 Å². The maximum absolute atomic E-state index is 12.7. The van der Waals surface area contributed by atoms with Gasteiger partial charge in [0.15, 0.2) is 0 Å². The molecule has 0 radical (unpaired) electrons. The third-order valence-electron chi connectivity index (χ3n) is 4.31. The van der Waals surface area contributed by atoms with Crippen molar-refractivity contribution >= 4 is 11.8 Å². The van der Waals surface area contributed by atoms with Gasteiger partial charge in [0.25, 0.3) is 0 Å². The molecule has 3 rings (SSSR count). The van der Waals surface area contributed by atoms with Crippen LogP contribution in [-0.2, 0) is 19.5 Å². The summed E-state index contributed by atoms with van der Waals surface area (Å²) in [6.45, 7) is 7.47. The Morgan fingerprint density at radius 3 is 2.82 bits per heavy atom. The van der Waals surface area contributed by atoms with Gasteiger partial charge in [0, 0.05) is 24.7 Å². The van der Waals surface area contributed by atoms with Gasteiger partial charge in [0.2, 0.25) is 0 Å². The zero-order chi connectivity index (χ0) is 15.7. The molecular formula is C17H22N4O. The first-order chi connectivity index (χ1) is 10.6. The minimum absolute atomic E-state index is 0.0553. The average Bonchev–Trinajstić information content (AvgIpc) is 2.87. The number of nitrogens with zero attached hydrogens (tertiary/aromatic N) is 3. The molecular weight excluding hydrogens is 276 g/mol. The van der Waals surface area contributed by atoms with Gasteiger partial charge in [-0.15, -0.1) is 0 Å². The monoisotopic (exact) mass is 298 g/mol. The van der Waals surface area contributed by atoms with Crippen molar-refractivity contribution < 1.29 is 4.79 Å². The number of amides is 2. The van der Waals surface area contributed by atoms with Crippen molar-refractivity contribution in [3.05, 3.63) is 47.2 Å². The summed E-state index contributed by atoms with van der Waals surface area (Å²) in [5.41, 5.74) is 3.56. The summed E-state index contributed by atoms with van der Waals surface area (Å²) in [5, 5.41) is 7.30. The molecule has 1 aromatic carbocycles. The summed E-state index contributed by atoms with van der Waals surface area (Å²) < 4.78 is 1.82. The zero-order valence-corrected chi connectivity index (χ0v) is 13.3. The molecule has 0 bridgehead atoms. The number of fused-ring (bicyclic) bond motifs is 1. The molecule has 1 aliphatic heterocycles. The number of aromatic nitrogens is 2. The van der Waals surface area contributed by atoms with E-state index in [1.165, 1.54) is 11.1 Å². The molecule has 5 heteroatoms. The lowest BCUT2D eigenvalue weighted by Crippen LogP contribution is -2.45. The number of carbonyl (C=O) groups is 1. The summed E-state index contributed by atoms with van der Waals surface area (Å²) in [6, 6.07) is 8.47. The number of hydrogen-bond donors (Lipinski definition) is 1. The van der Waals surface area contributed by atoms with E-state index >= 15 is 0 Å². The Kier molecular flexibility index (Phi) is 3.88. The van der Waals surface area contributed by atoms with Crippen molar-refractivity contribution in [3.63, 3.8) is 0 Å². The minimum atomic E-state index is -0.0553. The zero-order valence-electron chi connectivity index (χ0n) is 13.3. The molecule has 1 atom stereocenters. The molecule has 0 aliphatic carbocycles. The highest BCUT2D eigenvalue weighted by molar-refractivity contribution is 5.89. The molecule has 0 fully saturated rings. The highest BCUT2D eigenvalue weighted by Gasteiger charge is 2.27. The molecule has 22 heavy (non-hydrogen) atoms. The molecule has 116 valence electrons. The van der Waals surface area contributed by atoms with Gasteiger partial charge in [-0.2, -0.15) is 5.10 Å². The van der Waals surface area contributed by atoms with Crippen LogP contribution in [0, 0.1) is 6.92 Å². The standard InChI is InChI=1S/C17H22N4O/c1-4-21-16(12(2)10-18-21)19-17(22)20-11-15-8-6-5-7-14(15)9-13(20)3/h5-8,10,13H,4,9,11H2,1-3H3,(H,19,22). The van der Waals surface area contributed by atoms with Gasteiger partial charge < -0.3 is 4.90 Å². The second-order valence-corrected chi connectivity index (χ2v) is 5.87. The molecule has 2 heterocycles. The Balaban J connectivity index is 1.79. The Morgan fingerprint density at radius 2 is 2.09 bits per heavy atom. The van der Waals surface area contributed by atoms with Crippen molar-refractivity contribution in [2.24, 2.45) is 0 Å². The summed E-state index contributed by atoms with van der Waals surface area (Å²) in [6.07, 6.45) is 2.68. The fourth-order valence-corrected chi connectivity index (χ4v) is 3.01. The number of carbonyl (C=O) groups excluding carboxylic acids is 1. The maximum Gasteiger partial charge on any atom is 0.323 e. The smallest absolute Gasteiger partial charge is 0.317 e. The van der Waals surface area contributed by atoms with Crippen LogP contribution in [0.3, 0.4) is 0 Å². The molecule has 5 nitrogen and oxygen atoms in total. The summed E-state index contributed by atoms with van der Waals surface area (Å²) >= 11 is 0. The van der Waals surface area contributed by atoms with E-state index in [1.54, 1.807) is 6.20 Å². The van der Waals surface area contributed by atoms with E-state index in [4.69, 9.17) is 0 Å². The molecule has 2 aromatic rings. The second kappa shape index (κ2) is 5.83. The van der Waals surface area contributed by atoms with Crippen molar-refractivity contribution in [1.82, 2.24) is 14.7 Å². The highest BCUT2D eigenvalue weighted by atomic mass is 16.2. The van der Waals surface area contributed by atoms with Crippen LogP contribution in [-0.4, -0.2) is 26.8 Å². The number of nitrogens with one attached hydrogen (secondary N) is 1. The van der Waals surface area contributed by atoms with E-state index in [1.807, 2.05) is 29.5 Å². The van der Waals surface area contributed by atoms with Gasteiger partial charge >= 0.3 is 6.03 Å². The van der Waals surface area contributed by atoms with E-state index in [0.29, 0.717) is 6.54 Å². The number of rotatable bonds is 2. The number of benzene rings is 1. The summed E-state index contributed by atoms with van der Waals surface area (Å²) in [4.78, 5) is 14.6. The van der Waals surface area contributed by atoms with Gasteiger partial charge in [0.1, 0.15) is 5.82 Å². The normalized spacial score (nSPS) is 17.2. The largest absolute Gasteiger partial charge is 0.323 e. The minimum Gasteiger partial charge on any atom is -0.317 e. The second-order valence-electron chi connectivity index (χ2n) is 5.87. The number of urea groups is 1. The number of aryl methyl sites for hydroxylation is 2. The predicted octanol–water partition coefficient (Wildman–Crippen LogP) is 3.19. The molecule has 1 N–H and O–H groups in total. The van der Waals surface area contributed by atoms with Crippen LogP contribution in [0.4, 0.5) is 10.6 Å². The van der Waals surface area contributed by atoms with Crippen LogP contribution in [0.5, 0.6) is 0 Å². The SMILES string of the molecule is CCn1ncc(C)c1NC(=O)N1Cc2ccccc2CC1C. The maximum atomic E-state index is 12.7. The summed E-state index contributed by atoms with van der Waals surface area (Å²) in [7, 11) is 0. The number of anilines is 1. The van der Waals surface area contributed by atoms with Gasteiger partial charge in [-0.05, 0) is 38.3 Å². The van der Waals surface area contributed by atoms with E-state index in [9.17, 15) is 4.79 Å².